The maximum absolute atomic E-state index is 11.6. The Morgan fingerprint density at radius 1 is 1.38 bits per heavy atom. The van der Waals surface area contributed by atoms with E-state index in [0.717, 1.165) is 6.42 Å². The Morgan fingerprint density at radius 3 is 2.81 bits per heavy atom. The summed E-state index contributed by atoms with van der Waals surface area (Å²) in [5.41, 5.74) is 6.22. The molecule has 0 aliphatic carbocycles. The molecule has 1 aromatic rings. The predicted molar refractivity (Wildman–Crippen MR) is 60.3 cm³/mol. The molecule has 0 unspecified atom stereocenters. The van der Waals surface area contributed by atoms with Crippen LogP contribution in [0, 0.1) is 0 Å². The van der Waals surface area contributed by atoms with Crippen molar-refractivity contribution in [3.05, 3.63) is 29.8 Å². The number of benzene rings is 1. The molecular weight excluding hydrogens is 206 g/mol. The molecule has 0 bridgehead atoms. The van der Waals surface area contributed by atoms with E-state index >= 15 is 0 Å². The van der Waals surface area contributed by atoms with Gasteiger partial charge in [-0.3, -0.25) is 9.69 Å². The first-order valence-electron chi connectivity index (χ1n) is 5.14. The van der Waals surface area contributed by atoms with Crippen molar-refractivity contribution in [2.45, 2.75) is 6.42 Å². The van der Waals surface area contributed by atoms with Crippen LogP contribution in [0.15, 0.2) is 24.3 Å². The van der Waals surface area contributed by atoms with E-state index in [9.17, 15) is 9.59 Å². The molecule has 1 aliphatic rings. The number of para-hydroxylation sites is 1. The molecule has 1 heterocycles. The molecule has 1 saturated heterocycles. The molecule has 1 fully saturated rings. The number of nitrogens with one attached hydrogen (secondary N) is 1. The van der Waals surface area contributed by atoms with Crippen LogP contribution in [-0.4, -0.2) is 25.0 Å². The number of rotatable bonds is 2. The fraction of sp³-hybridized carbons (Fsp3) is 0.273. The zero-order valence-corrected chi connectivity index (χ0v) is 8.77. The monoisotopic (exact) mass is 219 g/mol. The molecule has 0 spiro atoms. The van der Waals surface area contributed by atoms with Crippen LogP contribution in [0.5, 0.6) is 0 Å². The van der Waals surface area contributed by atoms with Gasteiger partial charge >= 0.3 is 6.03 Å². The maximum Gasteiger partial charge on any atom is 0.321 e. The van der Waals surface area contributed by atoms with Crippen molar-refractivity contribution in [1.82, 2.24) is 5.32 Å². The molecule has 0 radical (unpaired) electrons. The molecule has 84 valence electrons. The van der Waals surface area contributed by atoms with Crippen molar-refractivity contribution in [2.75, 3.05) is 18.0 Å². The molecule has 1 aliphatic heterocycles. The summed E-state index contributed by atoms with van der Waals surface area (Å²) in [7, 11) is 0. The predicted octanol–water partition coefficient (Wildman–Crippen LogP) is 0.705. The summed E-state index contributed by atoms with van der Waals surface area (Å²) in [4.78, 5) is 24.4. The minimum absolute atomic E-state index is 0.181. The zero-order valence-electron chi connectivity index (χ0n) is 8.77. The van der Waals surface area contributed by atoms with Crippen LogP contribution in [0.4, 0.5) is 10.5 Å². The summed E-state index contributed by atoms with van der Waals surface area (Å²) >= 11 is 0. The van der Waals surface area contributed by atoms with E-state index < -0.39 is 5.91 Å². The molecule has 2 rings (SSSR count). The highest BCUT2D eigenvalue weighted by Crippen LogP contribution is 2.21. The summed E-state index contributed by atoms with van der Waals surface area (Å²) in [6.45, 7) is 1.28. The van der Waals surface area contributed by atoms with Crippen LogP contribution in [0.2, 0.25) is 0 Å². The number of carbonyl (C=O) groups is 2. The molecule has 3 amide bonds. The molecule has 0 saturated carbocycles. The molecule has 0 aromatic heterocycles. The maximum atomic E-state index is 11.6. The average Bonchev–Trinajstić information content (AvgIpc) is 2.29. The smallest absolute Gasteiger partial charge is 0.321 e. The minimum atomic E-state index is -0.519. The normalized spacial score (nSPS) is 15.8. The van der Waals surface area contributed by atoms with Crippen molar-refractivity contribution < 1.29 is 9.59 Å². The lowest BCUT2D eigenvalue weighted by Crippen LogP contribution is -2.47. The Labute approximate surface area is 93.2 Å². The topological polar surface area (TPSA) is 75.4 Å². The second-order valence-electron chi connectivity index (χ2n) is 3.62. The number of hydrogen-bond acceptors (Lipinski definition) is 2. The SMILES string of the molecule is NC(=O)c1ccccc1N1CCCNC1=O. The van der Waals surface area contributed by atoms with Crippen molar-refractivity contribution in [1.29, 1.82) is 0 Å². The van der Waals surface area contributed by atoms with E-state index in [1.807, 2.05) is 0 Å². The molecule has 16 heavy (non-hydrogen) atoms. The average molecular weight is 219 g/mol. The number of carbonyl (C=O) groups excluding carboxylic acids is 2. The number of urea groups is 1. The number of nitrogens with zero attached hydrogens (tertiary/aromatic N) is 1. The summed E-state index contributed by atoms with van der Waals surface area (Å²) in [5.74, 6) is -0.519. The van der Waals surface area contributed by atoms with Crippen LogP contribution in [0.1, 0.15) is 16.8 Å². The van der Waals surface area contributed by atoms with Gasteiger partial charge in [-0.1, -0.05) is 12.1 Å². The number of anilines is 1. The lowest BCUT2D eigenvalue weighted by molar-refractivity contribution is 0.100. The summed E-state index contributed by atoms with van der Waals surface area (Å²) < 4.78 is 0. The second-order valence-corrected chi connectivity index (χ2v) is 3.62. The van der Waals surface area contributed by atoms with Crippen LogP contribution < -0.4 is 16.0 Å². The van der Waals surface area contributed by atoms with Gasteiger partial charge < -0.3 is 11.1 Å². The first-order valence-corrected chi connectivity index (χ1v) is 5.14. The number of hydrogen-bond donors (Lipinski definition) is 2. The Morgan fingerprint density at radius 2 is 2.12 bits per heavy atom. The molecule has 5 heteroatoms. The quantitative estimate of drug-likeness (QED) is 0.768. The number of amides is 3. The molecule has 0 atom stereocenters. The lowest BCUT2D eigenvalue weighted by Gasteiger charge is -2.28. The Bertz CT molecular complexity index is 431. The van der Waals surface area contributed by atoms with Gasteiger partial charge in [0, 0.05) is 13.1 Å². The molecule has 5 nitrogen and oxygen atoms in total. The first kappa shape index (κ1) is 10.5. The number of primary amides is 1. The van der Waals surface area contributed by atoms with E-state index in [4.69, 9.17) is 5.73 Å². The zero-order chi connectivity index (χ0) is 11.5. The third-order valence-corrected chi connectivity index (χ3v) is 2.54. The van der Waals surface area contributed by atoms with Gasteiger partial charge in [-0.2, -0.15) is 0 Å². The summed E-state index contributed by atoms with van der Waals surface area (Å²) in [6.07, 6.45) is 0.860. The molecule has 1 aromatic carbocycles. The van der Waals surface area contributed by atoms with Gasteiger partial charge in [0.2, 0.25) is 0 Å². The van der Waals surface area contributed by atoms with Crippen molar-refractivity contribution >= 4 is 17.6 Å². The highest BCUT2D eigenvalue weighted by molar-refractivity contribution is 6.03. The van der Waals surface area contributed by atoms with Crippen molar-refractivity contribution in [3.63, 3.8) is 0 Å². The Kier molecular flexibility index (Phi) is 2.76. The molecule has 3 N–H and O–H groups in total. The lowest BCUT2D eigenvalue weighted by atomic mass is 10.1. The Balaban J connectivity index is 2.38. The Hall–Kier alpha value is -2.04. The number of nitrogens with two attached hydrogens (primary N) is 1. The van der Waals surface area contributed by atoms with Gasteiger partial charge in [-0.15, -0.1) is 0 Å². The van der Waals surface area contributed by atoms with Gasteiger partial charge in [-0.05, 0) is 18.6 Å². The summed E-state index contributed by atoms with van der Waals surface area (Å²) in [6, 6.07) is 6.68. The fourth-order valence-electron chi connectivity index (χ4n) is 1.78. The van der Waals surface area contributed by atoms with Gasteiger partial charge in [0.05, 0.1) is 11.3 Å². The van der Waals surface area contributed by atoms with E-state index in [0.29, 0.717) is 24.3 Å². The van der Waals surface area contributed by atoms with Crippen molar-refractivity contribution in [2.24, 2.45) is 5.73 Å². The highest BCUT2D eigenvalue weighted by atomic mass is 16.2. The van der Waals surface area contributed by atoms with Gasteiger partial charge in [-0.25, -0.2) is 4.79 Å². The largest absolute Gasteiger partial charge is 0.366 e. The standard InChI is InChI=1S/C11H13N3O2/c12-10(15)8-4-1-2-5-9(8)14-7-3-6-13-11(14)16/h1-2,4-5H,3,6-7H2,(H2,12,15)(H,13,16). The van der Waals surface area contributed by atoms with Crippen molar-refractivity contribution in [3.8, 4) is 0 Å². The summed E-state index contributed by atoms with van der Waals surface area (Å²) in [5, 5.41) is 2.73. The van der Waals surface area contributed by atoms with Crippen LogP contribution in [0.3, 0.4) is 0 Å². The van der Waals surface area contributed by atoms with E-state index in [1.54, 1.807) is 29.2 Å². The second kappa shape index (κ2) is 4.22. The fourth-order valence-corrected chi connectivity index (χ4v) is 1.78. The van der Waals surface area contributed by atoms with Gasteiger partial charge in [0.1, 0.15) is 0 Å². The third-order valence-electron chi connectivity index (χ3n) is 2.54. The minimum Gasteiger partial charge on any atom is -0.366 e. The van der Waals surface area contributed by atoms with Gasteiger partial charge in [0.25, 0.3) is 5.91 Å². The van der Waals surface area contributed by atoms with E-state index in [2.05, 4.69) is 5.32 Å². The van der Waals surface area contributed by atoms with E-state index in [1.165, 1.54) is 0 Å². The third kappa shape index (κ3) is 1.84. The van der Waals surface area contributed by atoms with E-state index in [-0.39, 0.29) is 6.03 Å². The van der Waals surface area contributed by atoms with Crippen LogP contribution in [-0.2, 0) is 0 Å². The first-order chi connectivity index (χ1) is 7.70. The van der Waals surface area contributed by atoms with Gasteiger partial charge in [0.15, 0.2) is 0 Å². The van der Waals surface area contributed by atoms with Crippen LogP contribution in [0.25, 0.3) is 0 Å². The molecular formula is C11H13N3O2. The highest BCUT2D eigenvalue weighted by Gasteiger charge is 2.22. The van der Waals surface area contributed by atoms with Crippen LogP contribution >= 0.6 is 0 Å².